The van der Waals surface area contributed by atoms with Crippen molar-refractivity contribution in [2.75, 3.05) is 5.75 Å². The Labute approximate surface area is 135 Å². The van der Waals surface area contributed by atoms with E-state index >= 15 is 0 Å². The second-order valence-electron chi connectivity index (χ2n) is 5.84. The third-order valence-corrected chi connectivity index (χ3v) is 5.22. The van der Waals surface area contributed by atoms with E-state index in [0.29, 0.717) is 17.0 Å². The molecule has 0 spiro atoms. The number of carbonyl (C=O) groups excluding carboxylic acids is 1. The van der Waals surface area contributed by atoms with Gasteiger partial charge in [-0.2, -0.15) is 0 Å². The van der Waals surface area contributed by atoms with E-state index in [1.54, 1.807) is 18.5 Å². The third-order valence-electron chi connectivity index (χ3n) is 4.35. The molecule has 2 heterocycles. The van der Waals surface area contributed by atoms with E-state index in [1.165, 1.54) is 43.1 Å². The summed E-state index contributed by atoms with van der Waals surface area (Å²) in [5, 5.41) is 0.653. The minimum absolute atomic E-state index is 0.162. The van der Waals surface area contributed by atoms with Gasteiger partial charge < -0.3 is 4.57 Å². The molecule has 0 saturated heterocycles. The molecule has 1 saturated carbocycles. The first kappa shape index (κ1) is 15.3. The molecular formula is C17H21N3OS. The zero-order valence-corrected chi connectivity index (χ0v) is 13.9. The summed E-state index contributed by atoms with van der Waals surface area (Å²) in [6, 6.07) is 4.40. The standard InChI is InChI=1S/C17H21N3OS/c1-12-10-15(13(2)20(12)14-6-3-4-7-14)16(21)11-22-17-18-8-5-9-19-17/h5,8-10,14H,3-4,6-7,11H2,1-2H3. The molecule has 0 N–H and O–H groups in total. The lowest BCUT2D eigenvalue weighted by atomic mass is 10.2. The number of Topliss-reactive ketones (excluding diaryl/α,β-unsaturated/α-hetero) is 1. The molecule has 2 aromatic heterocycles. The Morgan fingerprint density at radius 2 is 1.95 bits per heavy atom. The van der Waals surface area contributed by atoms with Crippen molar-refractivity contribution in [3.8, 4) is 0 Å². The molecule has 0 aromatic carbocycles. The lowest BCUT2D eigenvalue weighted by Crippen LogP contribution is -2.10. The fraction of sp³-hybridized carbons (Fsp3) is 0.471. The number of rotatable bonds is 5. The number of ketones is 1. The molecule has 0 bridgehead atoms. The molecule has 1 fully saturated rings. The zero-order chi connectivity index (χ0) is 15.5. The Hall–Kier alpha value is -1.62. The molecule has 22 heavy (non-hydrogen) atoms. The SMILES string of the molecule is Cc1cc(C(=O)CSc2ncccn2)c(C)n1C1CCCC1. The minimum atomic E-state index is 0.162. The molecule has 0 unspecified atom stereocenters. The highest BCUT2D eigenvalue weighted by atomic mass is 32.2. The average Bonchev–Trinajstić information content (AvgIpc) is 3.14. The summed E-state index contributed by atoms with van der Waals surface area (Å²) in [5.74, 6) is 0.550. The smallest absolute Gasteiger partial charge is 0.187 e. The van der Waals surface area contributed by atoms with Gasteiger partial charge in [-0.05, 0) is 38.8 Å². The van der Waals surface area contributed by atoms with Crippen LogP contribution in [-0.4, -0.2) is 26.1 Å². The molecule has 0 amide bonds. The first-order chi connectivity index (χ1) is 10.7. The molecule has 5 heteroatoms. The van der Waals surface area contributed by atoms with Crippen molar-refractivity contribution in [2.45, 2.75) is 50.7 Å². The predicted octanol–water partition coefficient (Wildman–Crippen LogP) is 3.99. The maximum absolute atomic E-state index is 12.5. The molecule has 0 aliphatic heterocycles. The van der Waals surface area contributed by atoms with E-state index < -0.39 is 0 Å². The van der Waals surface area contributed by atoms with Crippen molar-refractivity contribution in [1.82, 2.24) is 14.5 Å². The Morgan fingerprint density at radius 1 is 1.27 bits per heavy atom. The van der Waals surface area contributed by atoms with Crippen LogP contribution in [0.15, 0.2) is 29.7 Å². The van der Waals surface area contributed by atoms with Crippen molar-refractivity contribution < 1.29 is 4.79 Å². The van der Waals surface area contributed by atoms with Crippen LogP contribution in [0, 0.1) is 13.8 Å². The van der Waals surface area contributed by atoms with Gasteiger partial charge in [-0.25, -0.2) is 9.97 Å². The summed E-state index contributed by atoms with van der Waals surface area (Å²) in [5.41, 5.74) is 3.17. The summed E-state index contributed by atoms with van der Waals surface area (Å²) < 4.78 is 2.36. The lowest BCUT2D eigenvalue weighted by molar-refractivity contribution is 0.102. The van der Waals surface area contributed by atoms with Crippen LogP contribution in [0.2, 0.25) is 0 Å². The monoisotopic (exact) mass is 315 g/mol. The van der Waals surface area contributed by atoms with E-state index in [1.807, 2.05) is 6.07 Å². The van der Waals surface area contributed by atoms with Gasteiger partial charge in [0, 0.05) is 35.4 Å². The maximum Gasteiger partial charge on any atom is 0.187 e. The van der Waals surface area contributed by atoms with Gasteiger partial charge in [-0.3, -0.25) is 4.79 Å². The van der Waals surface area contributed by atoms with Crippen LogP contribution in [0.3, 0.4) is 0 Å². The van der Waals surface area contributed by atoms with Crippen molar-refractivity contribution >= 4 is 17.5 Å². The topological polar surface area (TPSA) is 47.8 Å². The maximum atomic E-state index is 12.5. The fourth-order valence-electron chi connectivity index (χ4n) is 3.35. The van der Waals surface area contributed by atoms with Crippen LogP contribution in [0.5, 0.6) is 0 Å². The van der Waals surface area contributed by atoms with Gasteiger partial charge in [0.25, 0.3) is 0 Å². The van der Waals surface area contributed by atoms with Gasteiger partial charge in [0.2, 0.25) is 0 Å². The summed E-state index contributed by atoms with van der Waals surface area (Å²) in [7, 11) is 0. The summed E-state index contributed by atoms with van der Waals surface area (Å²) in [6.45, 7) is 4.18. The second kappa shape index (κ2) is 6.65. The molecule has 1 aliphatic rings. The van der Waals surface area contributed by atoms with Gasteiger partial charge in [0.05, 0.1) is 5.75 Å². The van der Waals surface area contributed by atoms with Crippen LogP contribution in [0.1, 0.15) is 53.5 Å². The van der Waals surface area contributed by atoms with Crippen molar-refractivity contribution in [3.63, 3.8) is 0 Å². The summed E-state index contributed by atoms with van der Waals surface area (Å²) in [6.07, 6.45) is 8.46. The Morgan fingerprint density at radius 3 is 2.64 bits per heavy atom. The first-order valence-electron chi connectivity index (χ1n) is 7.78. The van der Waals surface area contributed by atoms with E-state index in [9.17, 15) is 4.79 Å². The number of hydrogen-bond donors (Lipinski definition) is 0. The van der Waals surface area contributed by atoms with Crippen LogP contribution < -0.4 is 0 Å². The second-order valence-corrected chi connectivity index (χ2v) is 6.78. The van der Waals surface area contributed by atoms with Crippen LogP contribution in [-0.2, 0) is 0 Å². The largest absolute Gasteiger partial charge is 0.345 e. The van der Waals surface area contributed by atoms with Gasteiger partial charge >= 0.3 is 0 Å². The number of carbonyl (C=O) groups is 1. The van der Waals surface area contributed by atoms with Gasteiger partial charge in [0.1, 0.15) is 0 Å². The third kappa shape index (κ3) is 3.09. The molecule has 4 nitrogen and oxygen atoms in total. The summed E-state index contributed by atoms with van der Waals surface area (Å²) >= 11 is 1.40. The van der Waals surface area contributed by atoms with Crippen molar-refractivity contribution in [1.29, 1.82) is 0 Å². The van der Waals surface area contributed by atoms with E-state index in [4.69, 9.17) is 0 Å². The highest BCUT2D eigenvalue weighted by Crippen LogP contribution is 2.33. The highest BCUT2D eigenvalue weighted by molar-refractivity contribution is 7.99. The Bertz CT molecular complexity index is 660. The minimum Gasteiger partial charge on any atom is -0.345 e. The van der Waals surface area contributed by atoms with Gasteiger partial charge in [0.15, 0.2) is 10.9 Å². The molecule has 2 aromatic rings. The van der Waals surface area contributed by atoms with Crippen molar-refractivity contribution in [2.24, 2.45) is 0 Å². The normalized spacial score (nSPS) is 15.4. The van der Waals surface area contributed by atoms with E-state index in [0.717, 1.165) is 11.3 Å². The number of aromatic nitrogens is 3. The number of hydrogen-bond acceptors (Lipinski definition) is 4. The van der Waals surface area contributed by atoms with Crippen LogP contribution >= 0.6 is 11.8 Å². The quantitative estimate of drug-likeness (QED) is 0.475. The van der Waals surface area contributed by atoms with Crippen LogP contribution in [0.25, 0.3) is 0 Å². The molecule has 3 rings (SSSR count). The fourth-order valence-corrected chi connectivity index (χ4v) is 4.04. The lowest BCUT2D eigenvalue weighted by Gasteiger charge is -2.17. The molecule has 116 valence electrons. The molecule has 0 atom stereocenters. The number of nitrogens with zero attached hydrogens (tertiary/aromatic N) is 3. The summed E-state index contributed by atoms with van der Waals surface area (Å²) in [4.78, 5) is 20.8. The number of thioether (sulfide) groups is 1. The van der Waals surface area contributed by atoms with E-state index in [2.05, 4.69) is 28.4 Å². The molecule has 1 aliphatic carbocycles. The van der Waals surface area contributed by atoms with Crippen molar-refractivity contribution in [3.05, 3.63) is 41.5 Å². The van der Waals surface area contributed by atoms with Gasteiger partial charge in [-0.15, -0.1) is 0 Å². The molecule has 0 radical (unpaired) electrons. The zero-order valence-electron chi connectivity index (χ0n) is 13.1. The molecular weight excluding hydrogens is 294 g/mol. The Kier molecular flexibility index (Phi) is 4.62. The van der Waals surface area contributed by atoms with Crippen LogP contribution in [0.4, 0.5) is 0 Å². The average molecular weight is 315 g/mol. The highest BCUT2D eigenvalue weighted by Gasteiger charge is 2.23. The predicted molar refractivity (Wildman–Crippen MR) is 88.5 cm³/mol. The van der Waals surface area contributed by atoms with Gasteiger partial charge in [-0.1, -0.05) is 24.6 Å². The first-order valence-corrected chi connectivity index (χ1v) is 8.77. The number of aryl methyl sites for hydroxylation is 1. The van der Waals surface area contributed by atoms with E-state index in [-0.39, 0.29) is 5.78 Å². The Balaban J connectivity index is 1.74.